The molecule has 3 heterocycles. The first-order valence-corrected chi connectivity index (χ1v) is 11.9. The number of rotatable bonds is 7. The first kappa shape index (κ1) is 22.5. The van der Waals surface area contributed by atoms with Crippen molar-refractivity contribution in [1.29, 1.82) is 0 Å². The Morgan fingerprint density at radius 2 is 1.97 bits per heavy atom. The Kier molecular flexibility index (Phi) is 6.15. The van der Waals surface area contributed by atoms with Crippen molar-refractivity contribution in [2.75, 3.05) is 11.1 Å². The molecule has 0 aliphatic heterocycles. The molecular weight excluding hydrogens is 463 g/mol. The number of halogens is 1. The first-order chi connectivity index (χ1) is 17.0. The maximum absolute atomic E-state index is 13.2. The molecule has 3 aromatic heterocycles. The van der Waals surface area contributed by atoms with E-state index in [2.05, 4.69) is 37.7 Å². The second-order valence-corrected chi connectivity index (χ2v) is 9.29. The summed E-state index contributed by atoms with van der Waals surface area (Å²) in [6.07, 6.45) is 1.65. The number of aromatic amines is 1. The number of imidazole rings is 1. The summed E-state index contributed by atoms with van der Waals surface area (Å²) in [6, 6.07) is 19.4. The molecule has 1 atom stereocenters. The number of benzene rings is 2. The molecule has 2 aromatic carbocycles. The fraction of sp³-hybridized carbons (Fsp3) is 0.115. The third kappa shape index (κ3) is 4.99. The number of nitrogens with two attached hydrogens (primary N) is 1. The lowest BCUT2D eigenvalue weighted by Gasteiger charge is -2.16. The molecule has 5 rings (SSSR count). The molecule has 0 fully saturated rings. The highest BCUT2D eigenvalue weighted by molar-refractivity contribution is 7.15. The van der Waals surface area contributed by atoms with E-state index in [1.807, 2.05) is 25.1 Å². The third-order valence-corrected chi connectivity index (χ3v) is 6.78. The van der Waals surface area contributed by atoms with Crippen molar-refractivity contribution in [2.45, 2.75) is 19.5 Å². The van der Waals surface area contributed by atoms with Gasteiger partial charge in [-0.1, -0.05) is 18.2 Å². The van der Waals surface area contributed by atoms with Crippen molar-refractivity contribution >= 4 is 40.0 Å². The second kappa shape index (κ2) is 9.55. The van der Waals surface area contributed by atoms with E-state index in [-0.39, 0.29) is 17.8 Å². The largest absolute Gasteiger partial charge is 0.369 e. The lowest BCUT2D eigenvalue weighted by molar-refractivity contribution is 0.0940. The van der Waals surface area contributed by atoms with Crippen molar-refractivity contribution in [2.24, 2.45) is 0 Å². The maximum atomic E-state index is 13.2. The Bertz CT molecular complexity index is 1490. The Morgan fingerprint density at radius 3 is 2.80 bits per heavy atom. The molecule has 0 spiro atoms. The zero-order valence-corrected chi connectivity index (χ0v) is 19.7. The first-order valence-electron chi connectivity index (χ1n) is 11.1. The van der Waals surface area contributed by atoms with Crippen molar-refractivity contribution in [1.82, 2.24) is 20.3 Å². The Balaban J connectivity index is 1.27. The van der Waals surface area contributed by atoms with Gasteiger partial charge in [0.1, 0.15) is 11.6 Å². The molecule has 9 heteroatoms. The molecule has 0 unspecified atom stereocenters. The predicted octanol–water partition coefficient (Wildman–Crippen LogP) is 5.51. The van der Waals surface area contributed by atoms with Gasteiger partial charge in [-0.05, 0) is 66.6 Å². The van der Waals surface area contributed by atoms with E-state index in [0.717, 1.165) is 31.9 Å². The van der Waals surface area contributed by atoms with Gasteiger partial charge in [0, 0.05) is 16.0 Å². The van der Waals surface area contributed by atoms with Crippen LogP contribution in [-0.2, 0) is 6.54 Å². The van der Waals surface area contributed by atoms with Gasteiger partial charge in [-0.2, -0.15) is 0 Å². The summed E-state index contributed by atoms with van der Waals surface area (Å²) in [5.74, 6) is 0.335. The van der Waals surface area contributed by atoms with Crippen LogP contribution in [0.2, 0.25) is 0 Å². The number of pyridine rings is 1. The number of anilines is 2. The van der Waals surface area contributed by atoms with Gasteiger partial charge in [-0.3, -0.25) is 4.79 Å². The third-order valence-electron chi connectivity index (χ3n) is 5.65. The van der Waals surface area contributed by atoms with Crippen molar-refractivity contribution in [3.05, 3.63) is 94.7 Å². The molecule has 0 bridgehead atoms. The molecule has 0 saturated heterocycles. The Labute approximate surface area is 205 Å². The van der Waals surface area contributed by atoms with E-state index < -0.39 is 0 Å². The number of hydrogen-bond acceptors (Lipinski definition) is 6. The molecule has 0 aliphatic carbocycles. The summed E-state index contributed by atoms with van der Waals surface area (Å²) in [5, 5.41) is 6.24. The molecular formula is C26H23FN6OS. The second-order valence-electron chi connectivity index (χ2n) is 8.12. The Hall–Kier alpha value is -4.24. The molecule has 5 N–H and O–H groups in total. The van der Waals surface area contributed by atoms with Gasteiger partial charge < -0.3 is 21.4 Å². The summed E-state index contributed by atoms with van der Waals surface area (Å²) < 4.78 is 13.2. The predicted molar refractivity (Wildman–Crippen MR) is 138 cm³/mol. The van der Waals surface area contributed by atoms with E-state index in [1.165, 1.54) is 12.1 Å². The SMILES string of the molecule is C[C@H](NC(=O)c1cccnc1NCc1ccc(-c2ccc3nc(N)[nH]c3c2)s1)c1ccc(F)cc1. The molecule has 35 heavy (non-hydrogen) atoms. The van der Waals surface area contributed by atoms with Crippen LogP contribution in [-0.4, -0.2) is 20.9 Å². The van der Waals surface area contributed by atoms with E-state index in [0.29, 0.717) is 23.9 Å². The van der Waals surface area contributed by atoms with Gasteiger partial charge >= 0.3 is 0 Å². The lowest BCUT2D eigenvalue weighted by Crippen LogP contribution is -2.27. The van der Waals surface area contributed by atoms with Crippen LogP contribution in [0, 0.1) is 5.82 Å². The van der Waals surface area contributed by atoms with Gasteiger partial charge in [0.05, 0.1) is 29.2 Å². The fourth-order valence-corrected chi connectivity index (χ4v) is 4.76. The molecule has 7 nitrogen and oxygen atoms in total. The zero-order chi connectivity index (χ0) is 24.4. The standard InChI is InChI=1S/C26H23FN6OS/c1-15(16-4-7-18(27)8-5-16)31-25(34)20-3-2-12-29-24(20)30-14-19-9-11-23(35-19)17-6-10-21-22(13-17)33-26(28)32-21/h2-13,15H,14H2,1H3,(H,29,30)(H,31,34)(H3,28,32,33)/t15-/m0/s1. The average Bonchev–Trinajstić information content (AvgIpc) is 3.48. The minimum absolute atomic E-state index is 0.253. The normalized spacial score (nSPS) is 11.9. The average molecular weight is 487 g/mol. The van der Waals surface area contributed by atoms with E-state index in [9.17, 15) is 9.18 Å². The summed E-state index contributed by atoms with van der Waals surface area (Å²) in [4.78, 5) is 26.8. The highest BCUT2D eigenvalue weighted by Crippen LogP contribution is 2.30. The maximum Gasteiger partial charge on any atom is 0.255 e. The number of aromatic nitrogens is 3. The highest BCUT2D eigenvalue weighted by Gasteiger charge is 2.16. The highest BCUT2D eigenvalue weighted by atomic mass is 32.1. The van der Waals surface area contributed by atoms with Crippen LogP contribution in [0.15, 0.2) is 72.9 Å². The minimum atomic E-state index is -0.311. The summed E-state index contributed by atoms with van der Waals surface area (Å²) in [6.45, 7) is 2.38. The summed E-state index contributed by atoms with van der Waals surface area (Å²) in [7, 11) is 0. The van der Waals surface area contributed by atoms with Crippen LogP contribution in [0.1, 0.15) is 33.8 Å². The lowest BCUT2D eigenvalue weighted by atomic mass is 10.1. The number of nitrogen functional groups attached to an aromatic ring is 1. The number of carbonyl (C=O) groups excluding carboxylic acids is 1. The number of nitrogens with one attached hydrogen (secondary N) is 3. The van der Waals surface area contributed by atoms with Crippen molar-refractivity contribution in [3.8, 4) is 10.4 Å². The van der Waals surface area contributed by atoms with E-state index in [1.54, 1.807) is 41.8 Å². The van der Waals surface area contributed by atoms with E-state index >= 15 is 0 Å². The van der Waals surface area contributed by atoms with Crippen LogP contribution >= 0.6 is 11.3 Å². The minimum Gasteiger partial charge on any atom is -0.369 e. The van der Waals surface area contributed by atoms with Gasteiger partial charge in [0.15, 0.2) is 5.95 Å². The molecule has 0 saturated carbocycles. The van der Waals surface area contributed by atoms with Crippen LogP contribution in [0.5, 0.6) is 0 Å². The van der Waals surface area contributed by atoms with Gasteiger partial charge in [0.2, 0.25) is 0 Å². The number of H-pyrrole nitrogens is 1. The number of fused-ring (bicyclic) bond motifs is 1. The topological polar surface area (TPSA) is 109 Å². The van der Waals surface area contributed by atoms with Crippen molar-refractivity contribution < 1.29 is 9.18 Å². The summed E-state index contributed by atoms with van der Waals surface area (Å²) in [5.41, 5.74) is 9.82. The van der Waals surface area contributed by atoms with E-state index in [4.69, 9.17) is 5.73 Å². The molecule has 0 radical (unpaired) electrons. The van der Waals surface area contributed by atoms with Crippen LogP contribution in [0.3, 0.4) is 0 Å². The monoisotopic (exact) mass is 486 g/mol. The van der Waals surface area contributed by atoms with Gasteiger partial charge in [-0.15, -0.1) is 11.3 Å². The molecule has 5 aromatic rings. The number of hydrogen-bond donors (Lipinski definition) is 4. The number of amides is 1. The van der Waals surface area contributed by atoms with Crippen molar-refractivity contribution in [3.63, 3.8) is 0 Å². The van der Waals surface area contributed by atoms with Gasteiger partial charge in [-0.25, -0.2) is 14.4 Å². The van der Waals surface area contributed by atoms with Crippen LogP contribution < -0.4 is 16.4 Å². The van der Waals surface area contributed by atoms with Gasteiger partial charge in [0.25, 0.3) is 5.91 Å². The summed E-state index contributed by atoms with van der Waals surface area (Å²) >= 11 is 1.66. The smallest absolute Gasteiger partial charge is 0.255 e. The number of thiophene rings is 1. The van der Waals surface area contributed by atoms with Crippen LogP contribution in [0.4, 0.5) is 16.2 Å². The number of nitrogens with zero attached hydrogens (tertiary/aromatic N) is 2. The number of carbonyl (C=O) groups is 1. The molecule has 1 amide bonds. The molecule has 0 aliphatic rings. The quantitative estimate of drug-likeness (QED) is 0.243. The zero-order valence-electron chi connectivity index (χ0n) is 18.9. The molecule has 176 valence electrons. The Morgan fingerprint density at radius 1 is 1.14 bits per heavy atom. The fourth-order valence-electron chi connectivity index (χ4n) is 3.82. The van der Waals surface area contributed by atoms with Crippen LogP contribution in [0.25, 0.3) is 21.5 Å².